The maximum absolute atomic E-state index is 12.6. The minimum Gasteiger partial charge on any atom is -0.508 e. The zero-order valence-electron chi connectivity index (χ0n) is 20.3. The number of primary sulfonamides is 1. The number of aromatic carboxylic acids is 1. The molecule has 4 aromatic carbocycles. The standard InChI is InChI=1S/C27H20ClN3O8S/c28-21-12-16(40(29,37)38)4-8-22(21)31-27(36)30-13-1-5-17(20(9-13)26(34)35)25-18-6-2-14(32)10-23(18)39-24-11-15(33)3-7-19(24)25/h1-12,25,32-33H,(H,34,35)(H2,29,37,38)(H2,30,31,36). The lowest BCUT2D eigenvalue weighted by Gasteiger charge is -2.29. The lowest BCUT2D eigenvalue weighted by molar-refractivity contribution is 0.0695. The molecule has 0 unspecified atom stereocenters. The predicted molar refractivity (Wildman–Crippen MR) is 146 cm³/mol. The third kappa shape index (κ3) is 5.23. The molecule has 0 bridgehead atoms. The molecule has 0 spiro atoms. The van der Waals surface area contributed by atoms with Gasteiger partial charge < -0.3 is 30.7 Å². The maximum Gasteiger partial charge on any atom is 0.336 e. The van der Waals surface area contributed by atoms with Crippen LogP contribution in [0.15, 0.2) is 77.7 Å². The number of anilines is 2. The maximum atomic E-state index is 12.6. The molecule has 0 saturated heterocycles. The first-order valence-electron chi connectivity index (χ1n) is 11.5. The van der Waals surface area contributed by atoms with Gasteiger partial charge in [0.1, 0.15) is 23.0 Å². The first-order valence-corrected chi connectivity index (χ1v) is 13.4. The summed E-state index contributed by atoms with van der Waals surface area (Å²) < 4.78 is 28.9. The highest BCUT2D eigenvalue weighted by Gasteiger charge is 2.32. The van der Waals surface area contributed by atoms with Gasteiger partial charge in [0.2, 0.25) is 10.0 Å². The number of carboxylic acids is 1. The Bertz CT molecular complexity index is 1760. The van der Waals surface area contributed by atoms with Crippen LogP contribution in [0.25, 0.3) is 0 Å². The fraction of sp³-hybridized carbons (Fsp3) is 0.0370. The Hall–Kier alpha value is -4.78. The molecule has 0 saturated carbocycles. The number of carboxylic acid groups (broad SMARTS) is 1. The number of sulfonamides is 1. The number of hydrogen-bond acceptors (Lipinski definition) is 7. The van der Waals surface area contributed by atoms with Gasteiger partial charge in [0.15, 0.2) is 0 Å². The zero-order chi connectivity index (χ0) is 28.8. The van der Waals surface area contributed by atoms with Gasteiger partial charge in [-0.1, -0.05) is 29.8 Å². The summed E-state index contributed by atoms with van der Waals surface area (Å²) in [5.74, 6) is -1.40. The van der Waals surface area contributed by atoms with Crippen LogP contribution in [-0.4, -0.2) is 35.7 Å². The largest absolute Gasteiger partial charge is 0.508 e. The normalized spacial score (nSPS) is 12.6. The molecule has 1 aliphatic heterocycles. The van der Waals surface area contributed by atoms with Crippen LogP contribution in [0, 0.1) is 0 Å². The topological polar surface area (TPSA) is 188 Å². The van der Waals surface area contributed by atoms with E-state index >= 15 is 0 Å². The molecule has 0 aliphatic carbocycles. The van der Waals surface area contributed by atoms with E-state index in [1.54, 1.807) is 18.2 Å². The van der Waals surface area contributed by atoms with Gasteiger partial charge in [-0.2, -0.15) is 0 Å². The average Bonchev–Trinajstić information content (AvgIpc) is 2.87. The lowest BCUT2D eigenvalue weighted by Crippen LogP contribution is -2.21. The molecular weight excluding hydrogens is 562 g/mol. The molecule has 0 atom stereocenters. The molecule has 1 aliphatic rings. The predicted octanol–water partition coefficient (Wildman–Crippen LogP) is 5.03. The van der Waals surface area contributed by atoms with Crippen molar-refractivity contribution in [3.63, 3.8) is 0 Å². The third-order valence-electron chi connectivity index (χ3n) is 6.21. The second-order valence-electron chi connectivity index (χ2n) is 8.85. The van der Waals surface area contributed by atoms with E-state index in [-0.39, 0.29) is 38.4 Å². The van der Waals surface area contributed by atoms with Crippen LogP contribution >= 0.6 is 11.6 Å². The summed E-state index contributed by atoms with van der Waals surface area (Å²) in [5.41, 5.74) is 1.70. The van der Waals surface area contributed by atoms with Crippen molar-refractivity contribution in [1.29, 1.82) is 0 Å². The number of phenolic OH excluding ortho intramolecular Hbond substituents is 2. The molecule has 5 rings (SSSR count). The van der Waals surface area contributed by atoms with Gasteiger partial charge in [-0.15, -0.1) is 0 Å². The Kier molecular flexibility index (Phi) is 6.75. The van der Waals surface area contributed by atoms with Gasteiger partial charge in [-0.25, -0.2) is 23.1 Å². The Morgan fingerprint density at radius 3 is 1.98 bits per heavy atom. The van der Waals surface area contributed by atoms with Crippen molar-refractivity contribution < 1.29 is 38.1 Å². The van der Waals surface area contributed by atoms with Crippen molar-refractivity contribution in [2.45, 2.75) is 10.8 Å². The van der Waals surface area contributed by atoms with Gasteiger partial charge in [0.05, 0.1) is 21.2 Å². The van der Waals surface area contributed by atoms with Crippen LogP contribution in [0.3, 0.4) is 0 Å². The summed E-state index contributed by atoms with van der Waals surface area (Å²) in [6, 6.07) is 16.1. The van der Waals surface area contributed by atoms with Crippen molar-refractivity contribution in [2.24, 2.45) is 5.14 Å². The van der Waals surface area contributed by atoms with Crippen molar-refractivity contribution >= 4 is 45.0 Å². The number of urea groups is 1. The second-order valence-corrected chi connectivity index (χ2v) is 10.8. The number of nitrogens with one attached hydrogen (secondary N) is 2. The van der Waals surface area contributed by atoms with E-state index in [9.17, 15) is 33.3 Å². The summed E-state index contributed by atoms with van der Waals surface area (Å²) in [4.78, 5) is 24.8. The number of hydrogen-bond donors (Lipinski definition) is 6. The lowest BCUT2D eigenvalue weighted by atomic mass is 9.80. The number of halogens is 1. The highest BCUT2D eigenvalue weighted by Crippen LogP contribution is 2.49. The van der Waals surface area contributed by atoms with Gasteiger partial charge in [-0.3, -0.25) is 0 Å². The van der Waals surface area contributed by atoms with Crippen LogP contribution in [-0.2, 0) is 10.0 Å². The van der Waals surface area contributed by atoms with Gasteiger partial charge >= 0.3 is 12.0 Å². The number of benzene rings is 4. The smallest absolute Gasteiger partial charge is 0.336 e. The number of phenols is 2. The molecule has 13 heteroatoms. The Labute approximate surface area is 232 Å². The number of aromatic hydroxyl groups is 2. The number of rotatable bonds is 5. The molecule has 204 valence electrons. The molecule has 7 N–H and O–H groups in total. The van der Waals surface area contributed by atoms with E-state index in [1.165, 1.54) is 48.5 Å². The fourth-order valence-corrected chi connectivity index (χ4v) is 5.28. The van der Waals surface area contributed by atoms with E-state index in [0.717, 1.165) is 6.07 Å². The van der Waals surface area contributed by atoms with E-state index in [4.69, 9.17) is 21.5 Å². The van der Waals surface area contributed by atoms with Crippen molar-refractivity contribution in [3.8, 4) is 23.0 Å². The molecule has 0 radical (unpaired) electrons. The molecule has 11 nitrogen and oxygen atoms in total. The van der Waals surface area contributed by atoms with Gasteiger partial charge in [0.25, 0.3) is 0 Å². The Morgan fingerprint density at radius 2 is 1.43 bits per heavy atom. The van der Waals surface area contributed by atoms with E-state index in [1.807, 2.05) is 0 Å². The first-order chi connectivity index (χ1) is 18.9. The molecule has 40 heavy (non-hydrogen) atoms. The number of carbonyl (C=O) groups is 2. The highest BCUT2D eigenvalue weighted by atomic mass is 35.5. The van der Waals surface area contributed by atoms with Crippen molar-refractivity contribution in [3.05, 3.63) is 100 Å². The summed E-state index contributed by atoms with van der Waals surface area (Å²) >= 11 is 6.08. The van der Waals surface area contributed by atoms with Crippen molar-refractivity contribution in [2.75, 3.05) is 10.6 Å². The van der Waals surface area contributed by atoms with Crippen LogP contribution in [0.5, 0.6) is 23.0 Å². The molecule has 0 fully saturated rings. The van der Waals surface area contributed by atoms with E-state index in [0.29, 0.717) is 28.2 Å². The SMILES string of the molecule is NS(=O)(=O)c1ccc(NC(=O)Nc2ccc(C3c4ccc(O)cc4Oc4cc(O)ccc43)c(C(=O)O)c2)c(Cl)c1. The third-order valence-corrected chi connectivity index (χ3v) is 7.43. The fourth-order valence-electron chi connectivity index (χ4n) is 4.45. The van der Waals surface area contributed by atoms with Crippen LogP contribution in [0.4, 0.5) is 16.2 Å². The van der Waals surface area contributed by atoms with Crippen LogP contribution < -0.4 is 20.5 Å². The quantitative estimate of drug-likeness (QED) is 0.167. The minimum atomic E-state index is -3.99. The number of ether oxygens (including phenoxy) is 1. The monoisotopic (exact) mass is 581 g/mol. The van der Waals surface area contributed by atoms with Gasteiger partial charge in [-0.05, 0) is 48.0 Å². The number of amides is 2. The summed E-state index contributed by atoms with van der Waals surface area (Å²) in [6.07, 6.45) is 0. The molecule has 2 amide bonds. The molecule has 0 aromatic heterocycles. The first kappa shape index (κ1) is 26.8. The summed E-state index contributed by atoms with van der Waals surface area (Å²) in [6.45, 7) is 0. The minimum absolute atomic E-state index is 0.0514. The highest BCUT2D eigenvalue weighted by molar-refractivity contribution is 7.89. The van der Waals surface area contributed by atoms with E-state index in [2.05, 4.69) is 10.6 Å². The van der Waals surface area contributed by atoms with E-state index < -0.39 is 27.9 Å². The zero-order valence-corrected chi connectivity index (χ0v) is 21.8. The van der Waals surface area contributed by atoms with Crippen LogP contribution in [0.1, 0.15) is 33.0 Å². The summed E-state index contributed by atoms with van der Waals surface area (Å²) in [5, 5.41) is 40.1. The molecule has 1 heterocycles. The second kappa shape index (κ2) is 10.1. The average molecular weight is 582 g/mol. The van der Waals surface area contributed by atoms with Crippen molar-refractivity contribution in [1.82, 2.24) is 0 Å². The summed E-state index contributed by atoms with van der Waals surface area (Å²) in [7, 11) is -3.99. The molecule has 4 aromatic rings. The number of fused-ring (bicyclic) bond motifs is 2. The number of nitrogens with two attached hydrogens (primary N) is 1. The van der Waals surface area contributed by atoms with Gasteiger partial charge in [0, 0.05) is 34.9 Å². The molecular formula is C27H20ClN3O8S. The number of carbonyl (C=O) groups excluding carboxylic acids is 1. The Balaban J connectivity index is 1.48. The Morgan fingerprint density at radius 1 is 0.825 bits per heavy atom. The van der Waals surface area contributed by atoms with Crippen LogP contribution in [0.2, 0.25) is 5.02 Å².